The molecule has 13 heavy (non-hydrogen) atoms. The summed E-state index contributed by atoms with van der Waals surface area (Å²) in [7, 11) is 4.29. The highest BCUT2D eigenvalue weighted by Gasteiger charge is 1.90. The average Bonchev–Trinajstić information content (AvgIpc) is 2.09. The average molecular weight is 183 g/mol. The van der Waals surface area contributed by atoms with Crippen LogP contribution in [0.5, 0.6) is 0 Å². The molecule has 0 aromatic carbocycles. The van der Waals surface area contributed by atoms with Crippen molar-refractivity contribution < 1.29 is 0 Å². The van der Waals surface area contributed by atoms with E-state index in [1.165, 1.54) is 45.1 Å². The second-order valence-corrected chi connectivity index (χ2v) is 3.89. The van der Waals surface area contributed by atoms with Crippen molar-refractivity contribution in [2.75, 3.05) is 20.6 Å². The first-order chi connectivity index (χ1) is 6.27. The summed E-state index contributed by atoms with van der Waals surface area (Å²) in [6.07, 6.45) is 12.5. The highest BCUT2D eigenvalue weighted by atomic mass is 15.0. The zero-order valence-electron chi connectivity index (χ0n) is 9.55. The van der Waals surface area contributed by atoms with Gasteiger partial charge in [-0.05, 0) is 46.3 Å². The second-order valence-electron chi connectivity index (χ2n) is 3.89. The molecule has 0 spiro atoms. The van der Waals surface area contributed by atoms with Crippen molar-refractivity contribution in [3.8, 4) is 0 Å². The van der Waals surface area contributed by atoms with Gasteiger partial charge in [-0.25, -0.2) is 0 Å². The van der Waals surface area contributed by atoms with E-state index < -0.39 is 0 Å². The van der Waals surface area contributed by atoms with Crippen LogP contribution in [0, 0.1) is 0 Å². The lowest BCUT2D eigenvalue weighted by molar-refractivity contribution is 0.390. The second kappa shape index (κ2) is 9.79. The van der Waals surface area contributed by atoms with Gasteiger partial charge in [-0.1, -0.05) is 31.9 Å². The van der Waals surface area contributed by atoms with Gasteiger partial charge in [0.2, 0.25) is 0 Å². The van der Waals surface area contributed by atoms with Crippen molar-refractivity contribution >= 4 is 0 Å². The summed E-state index contributed by atoms with van der Waals surface area (Å²) in [6, 6.07) is 0. The predicted octanol–water partition coefficient (Wildman–Crippen LogP) is 3.46. The van der Waals surface area contributed by atoms with E-state index in [0.29, 0.717) is 0 Å². The minimum absolute atomic E-state index is 1.18. The number of nitrogens with zero attached hydrogens (tertiary/aromatic N) is 1. The molecule has 0 N–H and O–H groups in total. The maximum absolute atomic E-state index is 2.31. The van der Waals surface area contributed by atoms with Crippen molar-refractivity contribution in [2.45, 2.75) is 45.4 Å². The normalized spacial score (nSPS) is 11.7. The summed E-state index contributed by atoms with van der Waals surface area (Å²) in [5, 5.41) is 0. The van der Waals surface area contributed by atoms with Gasteiger partial charge in [0, 0.05) is 0 Å². The van der Waals surface area contributed by atoms with Gasteiger partial charge in [0.15, 0.2) is 0 Å². The maximum atomic E-state index is 2.31. The molecule has 0 aromatic heterocycles. The molecule has 0 aliphatic heterocycles. The van der Waals surface area contributed by atoms with Gasteiger partial charge in [0.05, 0.1) is 0 Å². The Morgan fingerprint density at radius 3 is 2.23 bits per heavy atom. The van der Waals surface area contributed by atoms with Gasteiger partial charge < -0.3 is 4.90 Å². The van der Waals surface area contributed by atoms with Crippen LogP contribution in [0.15, 0.2) is 12.2 Å². The fraction of sp³-hybridized carbons (Fsp3) is 0.833. The summed E-state index contributed by atoms with van der Waals surface area (Å²) < 4.78 is 0. The zero-order chi connectivity index (χ0) is 9.94. The molecule has 0 bridgehead atoms. The maximum Gasteiger partial charge on any atom is -0.00248 e. The topological polar surface area (TPSA) is 3.24 Å². The van der Waals surface area contributed by atoms with Crippen LogP contribution in [0.1, 0.15) is 45.4 Å². The van der Waals surface area contributed by atoms with Crippen LogP contribution in [0.2, 0.25) is 0 Å². The molecule has 1 heteroatoms. The largest absolute Gasteiger partial charge is 0.309 e. The van der Waals surface area contributed by atoms with E-state index in [-0.39, 0.29) is 0 Å². The summed E-state index contributed by atoms with van der Waals surface area (Å²) in [4.78, 5) is 2.26. The Kier molecular flexibility index (Phi) is 9.56. The van der Waals surface area contributed by atoms with E-state index in [4.69, 9.17) is 0 Å². The molecule has 0 unspecified atom stereocenters. The van der Waals surface area contributed by atoms with Gasteiger partial charge >= 0.3 is 0 Å². The van der Waals surface area contributed by atoms with Gasteiger partial charge in [-0.3, -0.25) is 0 Å². The van der Waals surface area contributed by atoms with Crippen molar-refractivity contribution in [2.24, 2.45) is 0 Å². The van der Waals surface area contributed by atoms with E-state index in [9.17, 15) is 0 Å². The molecule has 0 heterocycles. The summed E-state index contributed by atoms with van der Waals surface area (Å²) in [6.45, 7) is 3.43. The first-order valence-corrected chi connectivity index (χ1v) is 5.57. The highest BCUT2D eigenvalue weighted by molar-refractivity contribution is 4.79. The number of hydrogen-bond donors (Lipinski definition) is 0. The minimum atomic E-state index is 1.18. The van der Waals surface area contributed by atoms with Crippen LogP contribution >= 0.6 is 0 Å². The molecule has 0 atom stereocenters. The molecule has 0 aromatic rings. The molecule has 0 rings (SSSR count). The molecular formula is C12H25N. The smallest absolute Gasteiger partial charge is 0.00248 e. The SMILES string of the molecule is CCC=CCCCCCCN(C)C. The van der Waals surface area contributed by atoms with E-state index >= 15 is 0 Å². The van der Waals surface area contributed by atoms with Crippen LogP contribution in [-0.2, 0) is 0 Å². The van der Waals surface area contributed by atoms with Crippen LogP contribution in [0.25, 0.3) is 0 Å². The van der Waals surface area contributed by atoms with E-state index in [0.717, 1.165) is 0 Å². The van der Waals surface area contributed by atoms with Crippen molar-refractivity contribution in [3.05, 3.63) is 12.2 Å². The first-order valence-electron chi connectivity index (χ1n) is 5.57. The predicted molar refractivity (Wildman–Crippen MR) is 61.1 cm³/mol. The summed E-state index contributed by atoms with van der Waals surface area (Å²) in [5.74, 6) is 0. The number of rotatable bonds is 8. The highest BCUT2D eigenvalue weighted by Crippen LogP contribution is 2.04. The van der Waals surface area contributed by atoms with Crippen LogP contribution in [-0.4, -0.2) is 25.5 Å². The molecule has 0 aliphatic rings. The van der Waals surface area contributed by atoms with Crippen LogP contribution < -0.4 is 0 Å². The van der Waals surface area contributed by atoms with Crippen molar-refractivity contribution in [1.29, 1.82) is 0 Å². The number of unbranched alkanes of at least 4 members (excludes halogenated alkanes) is 4. The van der Waals surface area contributed by atoms with Gasteiger partial charge in [-0.15, -0.1) is 0 Å². The van der Waals surface area contributed by atoms with Crippen molar-refractivity contribution in [1.82, 2.24) is 4.90 Å². The standard InChI is InChI=1S/C12H25N/c1-4-5-6-7-8-9-10-11-12-13(2)3/h5-6H,4,7-12H2,1-3H3. The molecule has 0 amide bonds. The lowest BCUT2D eigenvalue weighted by Gasteiger charge is -2.07. The molecule has 0 saturated heterocycles. The molecule has 78 valence electrons. The lowest BCUT2D eigenvalue weighted by atomic mass is 10.1. The third-order valence-electron chi connectivity index (χ3n) is 2.13. The lowest BCUT2D eigenvalue weighted by Crippen LogP contribution is -2.12. The molecule has 0 aliphatic carbocycles. The minimum Gasteiger partial charge on any atom is -0.309 e. The molecule has 0 fully saturated rings. The Labute approximate surface area is 83.8 Å². The van der Waals surface area contributed by atoms with Gasteiger partial charge in [-0.2, -0.15) is 0 Å². The van der Waals surface area contributed by atoms with Crippen molar-refractivity contribution in [3.63, 3.8) is 0 Å². The number of allylic oxidation sites excluding steroid dienone is 2. The van der Waals surface area contributed by atoms with Gasteiger partial charge in [0.1, 0.15) is 0 Å². The molecule has 0 radical (unpaired) electrons. The van der Waals surface area contributed by atoms with Gasteiger partial charge in [0.25, 0.3) is 0 Å². The molecular weight excluding hydrogens is 158 g/mol. The fourth-order valence-corrected chi connectivity index (χ4v) is 1.33. The Bertz CT molecular complexity index is 116. The summed E-state index contributed by atoms with van der Waals surface area (Å²) in [5.41, 5.74) is 0. The Morgan fingerprint density at radius 1 is 0.923 bits per heavy atom. The van der Waals surface area contributed by atoms with E-state index in [2.05, 4.69) is 38.1 Å². The molecule has 0 saturated carbocycles. The Hall–Kier alpha value is -0.300. The third-order valence-corrected chi connectivity index (χ3v) is 2.13. The fourth-order valence-electron chi connectivity index (χ4n) is 1.33. The summed E-state index contributed by atoms with van der Waals surface area (Å²) >= 11 is 0. The van der Waals surface area contributed by atoms with E-state index in [1.54, 1.807) is 0 Å². The Morgan fingerprint density at radius 2 is 1.62 bits per heavy atom. The molecule has 1 nitrogen and oxygen atoms in total. The number of hydrogen-bond acceptors (Lipinski definition) is 1. The zero-order valence-corrected chi connectivity index (χ0v) is 9.55. The van der Waals surface area contributed by atoms with E-state index in [1.807, 2.05) is 0 Å². The van der Waals surface area contributed by atoms with Crippen LogP contribution in [0.4, 0.5) is 0 Å². The quantitative estimate of drug-likeness (QED) is 0.411. The third kappa shape index (κ3) is 11.7. The first kappa shape index (κ1) is 12.7. The monoisotopic (exact) mass is 183 g/mol. The Balaban J connectivity index is 2.95. The van der Waals surface area contributed by atoms with Crippen LogP contribution in [0.3, 0.4) is 0 Å².